The van der Waals surface area contributed by atoms with E-state index in [0.29, 0.717) is 5.06 Å². The number of rotatable bonds is 3. The lowest BCUT2D eigenvalue weighted by molar-refractivity contribution is -0.166. The van der Waals surface area contributed by atoms with Crippen LogP contribution < -0.4 is 0 Å². The molecule has 1 fully saturated rings. The number of amides is 2. The Labute approximate surface area is 92.5 Å². The fourth-order valence-corrected chi connectivity index (χ4v) is 1.33. The molecule has 0 bridgehead atoms. The molecule has 0 saturated carbocycles. The number of benzene rings is 1. The van der Waals surface area contributed by atoms with E-state index < -0.39 is 18.1 Å². The highest BCUT2D eigenvalue weighted by molar-refractivity contribution is 5.98. The Morgan fingerprint density at radius 1 is 1.31 bits per heavy atom. The molecule has 0 aromatic heterocycles. The van der Waals surface area contributed by atoms with E-state index in [4.69, 9.17) is 4.84 Å². The van der Waals surface area contributed by atoms with Gasteiger partial charge in [0.2, 0.25) is 0 Å². The summed E-state index contributed by atoms with van der Waals surface area (Å²) in [6.45, 7) is 1.67. The van der Waals surface area contributed by atoms with Crippen LogP contribution >= 0.6 is 0 Å². The van der Waals surface area contributed by atoms with Crippen molar-refractivity contribution in [1.82, 2.24) is 5.06 Å². The van der Waals surface area contributed by atoms with Gasteiger partial charge in [0.1, 0.15) is 6.61 Å². The SMILES string of the molecule is CC1OC(=O)N(OCc2ccccc2)C1=O. The molecule has 0 radical (unpaired) electrons. The number of ether oxygens (including phenoxy) is 1. The van der Waals surface area contributed by atoms with Crippen LogP contribution in [0.25, 0.3) is 0 Å². The second-order valence-electron chi connectivity index (χ2n) is 3.42. The van der Waals surface area contributed by atoms with E-state index in [9.17, 15) is 9.59 Å². The summed E-state index contributed by atoms with van der Waals surface area (Å²) in [5.41, 5.74) is 0.877. The Morgan fingerprint density at radius 2 is 2.00 bits per heavy atom. The lowest BCUT2D eigenvalue weighted by Crippen LogP contribution is -2.30. The predicted molar refractivity (Wildman–Crippen MR) is 54.0 cm³/mol. The summed E-state index contributed by atoms with van der Waals surface area (Å²) < 4.78 is 4.69. The van der Waals surface area contributed by atoms with Gasteiger partial charge in [-0.1, -0.05) is 30.3 Å². The van der Waals surface area contributed by atoms with Crippen LogP contribution in [0.4, 0.5) is 4.79 Å². The molecule has 16 heavy (non-hydrogen) atoms. The third-order valence-electron chi connectivity index (χ3n) is 2.19. The standard InChI is InChI=1S/C11H11NO4/c1-8-10(13)12(11(14)16-8)15-7-9-5-3-2-4-6-9/h2-6,8H,7H2,1H3. The van der Waals surface area contributed by atoms with Gasteiger partial charge in [-0.15, -0.1) is 5.06 Å². The van der Waals surface area contributed by atoms with Crippen molar-refractivity contribution < 1.29 is 19.2 Å². The summed E-state index contributed by atoms with van der Waals surface area (Å²) in [5.74, 6) is -0.471. The first-order chi connectivity index (χ1) is 7.68. The molecule has 2 rings (SSSR count). The van der Waals surface area contributed by atoms with Crippen molar-refractivity contribution in [2.75, 3.05) is 0 Å². The Kier molecular flexibility index (Phi) is 2.87. The second-order valence-corrected chi connectivity index (χ2v) is 3.42. The molecular weight excluding hydrogens is 210 g/mol. The van der Waals surface area contributed by atoms with Gasteiger partial charge in [-0.05, 0) is 12.5 Å². The molecule has 1 aromatic carbocycles. The summed E-state index contributed by atoms with van der Waals surface area (Å²) in [6.07, 6.45) is -1.52. The minimum absolute atomic E-state index is 0.161. The van der Waals surface area contributed by atoms with Gasteiger partial charge in [-0.25, -0.2) is 4.79 Å². The largest absolute Gasteiger partial charge is 0.442 e. The third-order valence-corrected chi connectivity index (χ3v) is 2.19. The van der Waals surface area contributed by atoms with Gasteiger partial charge in [-0.3, -0.25) is 9.63 Å². The number of hydrogen-bond acceptors (Lipinski definition) is 4. The van der Waals surface area contributed by atoms with Crippen LogP contribution in [-0.4, -0.2) is 23.2 Å². The zero-order valence-electron chi connectivity index (χ0n) is 8.75. The molecule has 1 atom stereocenters. The molecule has 0 spiro atoms. The van der Waals surface area contributed by atoms with Crippen molar-refractivity contribution in [2.45, 2.75) is 19.6 Å². The van der Waals surface area contributed by atoms with E-state index in [0.717, 1.165) is 5.56 Å². The smallest absolute Gasteiger partial charge is 0.434 e. The van der Waals surface area contributed by atoms with Crippen molar-refractivity contribution in [1.29, 1.82) is 0 Å². The zero-order valence-corrected chi connectivity index (χ0v) is 8.75. The number of carbonyl (C=O) groups excluding carboxylic acids is 2. The predicted octanol–water partition coefficient (Wildman–Crippen LogP) is 1.49. The van der Waals surface area contributed by atoms with Crippen LogP contribution in [-0.2, 0) is 21.0 Å². The molecule has 0 N–H and O–H groups in total. The van der Waals surface area contributed by atoms with Crippen molar-refractivity contribution in [2.24, 2.45) is 0 Å². The van der Waals surface area contributed by atoms with Gasteiger partial charge in [-0.2, -0.15) is 0 Å². The van der Waals surface area contributed by atoms with Gasteiger partial charge >= 0.3 is 6.09 Å². The summed E-state index contributed by atoms with van der Waals surface area (Å²) >= 11 is 0. The van der Waals surface area contributed by atoms with Crippen LogP contribution in [0.15, 0.2) is 30.3 Å². The minimum Gasteiger partial charge on any atom is -0.434 e. The van der Waals surface area contributed by atoms with E-state index >= 15 is 0 Å². The molecule has 1 aromatic rings. The third kappa shape index (κ3) is 2.04. The first-order valence-corrected chi connectivity index (χ1v) is 4.90. The highest BCUT2D eigenvalue weighted by Crippen LogP contribution is 2.14. The Balaban J connectivity index is 1.96. The molecule has 1 saturated heterocycles. The van der Waals surface area contributed by atoms with Gasteiger partial charge in [0.05, 0.1) is 0 Å². The van der Waals surface area contributed by atoms with Crippen molar-refractivity contribution >= 4 is 12.0 Å². The van der Waals surface area contributed by atoms with Crippen molar-refractivity contribution in [3.05, 3.63) is 35.9 Å². The number of nitrogens with zero attached hydrogens (tertiary/aromatic N) is 1. The highest BCUT2D eigenvalue weighted by atomic mass is 16.8. The van der Waals surface area contributed by atoms with Crippen molar-refractivity contribution in [3.8, 4) is 0 Å². The molecule has 0 aliphatic carbocycles. The Morgan fingerprint density at radius 3 is 2.56 bits per heavy atom. The van der Waals surface area contributed by atoms with E-state index in [2.05, 4.69) is 4.74 Å². The summed E-state index contributed by atoms with van der Waals surface area (Å²) in [7, 11) is 0. The van der Waals surface area contributed by atoms with Crippen LogP contribution in [0.5, 0.6) is 0 Å². The van der Waals surface area contributed by atoms with Crippen LogP contribution in [0.2, 0.25) is 0 Å². The molecule has 5 nitrogen and oxygen atoms in total. The molecular formula is C11H11NO4. The molecule has 1 aliphatic rings. The lowest BCUT2D eigenvalue weighted by Gasteiger charge is -2.10. The maximum atomic E-state index is 11.4. The number of hydrogen-bond donors (Lipinski definition) is 0. The fraction of sp³-hybridized carbons (Fsp3) is 0.273. The first-order valence-electron chi connectivity index (χ1n) is 4.90. The quantitative estimate of drug-likeness (QED) is 0.775. The number of imide groups is 1. The van der Waals surface area contributed by atoms with Crippen molar-refractivity contribution in [3.63, 3.8) is 0 Å². The summed E-state index contributed by atoms with van der Waals surface area (Å²) in [6, 6.07) is 9.27. The maximum absolute atomic E-state index is 11.4. The molecule has 5 heteroatoms. The highest BCUT2D eigenvalue weighted by Gasteiger charge is 2.39. The van der Waals surface area contributed by atoms with Gasteiger partial charge in [0.25, 0.3) is 5.91 Å². The van der Waals surface area contributed by atoms with Gasteiger partial charge in [0, 0.05) is 0 Å². The zero-order chi connectivity index (χ0) is 11.5. The molecule has 1 heterocycles. The fourth-order valence-electron chi connectivity index (χ4n) is 1.33. The number of carbonyl (C=O) groups is 2. The van der Waals surface area contributed by atoms with E-state index in [-0.39, 0.29) is 6.61 Å². The molecule has 84 valence electrons. The van der Waals surface area contributed by atoms with Gasteiger partial charge < -0.3 is 4.74 Å². The lowest BCUT2D eigenvalue weighted by atomic mass is 10.2. The normalized spacial score (nSPS) is 20.1. The first kappa shape index (κ1) is 10.6. The van der Waals surface area contributed by atoms with Crippen LogP contribution in [0.1, 0.15) is 12.5 Å². The van der Waals surface area contributed by atoms with Gasteiger partial charge in [0.15, 0.2) is 6.10 Å². The monoisotopic (exact) mass is 221 g/mol. The Hall–Kier alpha value is -1.88. The van der Waals surface area contributed by atoms with E-state index in [1.165, 1.54) is 6.92 Å². The maximum Gasteiger partial charge on any atom is 0.442 e. The summed E-state index contributed by atoms with van der Waals surface area (Å²) in [4.78, 5) is 27.7. The average molecular weight is 221 g/mol. The molecule has 1 unspecified atom stereocenters. The molecule has 1 aliphatic heterocycles. The van der Waals surface area contributed by atoms with E-state index in [1.807, 2.05) is 30.3 Å². The number of hydroxylamine groups is 2. The van der Waals surface area contributed by atoms with E-state index in [1.54, 1.807) is 0 Å². The molecule has 2 amide bonds. The van der Waals surface area contributed by atoms with Crippen LogP contribution in [0, 0.1) is 0 Å². The average Bonchev–Trinajstić information content (AvgIpc) is 2.53. The topological polar surface area (TPSA) is 55.8 Å². The summed E-state index contributed by atoms with van der Waals surface area (Å²) in [5, 5.41) is 0.664. The Bertz CT molecular complexity index is 404. The number of cyclic esters (lactones) is 1. The minimum atomic E-state index is -0.761. The van der Waals surface area contributed by atoms with Crippen LogP contribution in [0.3, 0.4) is 0 Å². The second kappa shape index (κ2) is 4.32.